The third-order valence-corrected chi connectivity index (χ3v) is 6.21. The van der Waals surface area contributed by atoms with Crippen LogP contribution in [0, 0.1) is 6.92 Å². The van der Waals surface area contributed by atoms with Crippen molar-refractivity contribution in [2.75, 3.05) is 25.9 Å². The normalized spacial score (nSPS) is 16.4. The molecule has 1 aliphatic heterocycles. The van der Waals surface area contributed by atoms with Crippen molar-refractivity contribution in [2.45, 2.75) is 45.6 Å². The smallest absolute Gasteiger partial charge is 0.254 e. The molecule has 0 radical (unpaired) electrons. The van der Waals surface area contributed by atoms with Gasteiger partial charge in [0.2, 0.25) is 15.9 Å². The number of aryl methyl sites for hydroxylation is 2. The first-order valence-corrected chi connectivity index (χ1v) is 11.2. The van der Waals surface area contributed by atoms with Crippen LogP contribution in [0.2, 0.25) is 0 Å². The van der Waals surface area contributed by atoms with Gasteiger partial charge in [0.1, 0.15) is 0 Å². The summed E-state index contributed by atoms with van der Waals surface area (Å²) >= 11 is 0. The zero-order valence-electron chi connectivity index (χ0n) is 16.4. The van der Waals surface area contributed by atoms with Gasteiger partial charge < -0.3 is 9.84 Å². The number of amides is 1. The molecule has 3 heterocycles. The fourth-order valence-corrected chi connectivity index (χ4v) is 4.14. The lowest BCUT2D eigenvalue weighted by Gasteiger charge is -2.28. The predicted octanol–water partition coefficient (Wildman–Crippen LogP) is 0.706. The van der Waals surface area contributed by atoms with Gasteiger partial charge in [0.05, 0.1) is 17.5 Å². The molecule has 10 nitrogen and oxygen atoms in total. The maximum absolute atomic E-state index is 12.3. The van der Waals surface area contributed by atoms with Crippen LogP contribution in [0.5, 0.6) is 0 Å². The summed E-state index contributed by atoms with van der Waals surface area (Å²) in [5.41, 5.74) is 1.26. The Morgan fingerprint density at radius 1 is 1.36 bits per heavy atom. The third kappa shape index (κ3) is 4.76. The second kappa shape index (κ2) is 8.39. The standard InChI is InChI=1S/C17H26N6O4S/c1-4-22-11-14(12(2)20-22)17(24)18-8-5-15-19-16(21-27-15)13-6-9-23(10-7-13)28(3,25)26/h11,13H,4-10H2,1-3H3,(H,18,24). The van der Waals surface area contributed by atoms with Gasteiger partial charge in [-0.25, -0.2) is 12.7 Å². The van der Waals surface area contributed by atoms with Gasteiger partial charge in [0, 0.05) is 44.7 Å². The first kappa shape index (κ1) is 20.5. The third-order valence-electron chi connectivity index (χ3n) is 4.91. The summed E-state index contributed by atoms with van der Waals surface area (Å²) in [5.74, 6) is 0.981. The molecule has 0 spiro atoms. The van der Waals surface area contributed by atoms with Gasteiger partial charge in [0.15, 0.2) is 5.82 Å². The molecule has 3 rings (SSSR count). The molecular weight excluding hydrogens is 384 g/mol. The first-order chi connectivity index (χ1) is 13.3. The van der Waals surface area contributed by atoms with Gasteiger partial charge in [-0.05, 0) is 26.7 Å². The van der Waals surface area contributed by atoms with E-state index in [2.05, 4.69) is 20.6 Å². The molecule has 28 heavy (non-hydrogen) atoms. The first-order valence-electron chi connectivity index (χ1n) is 9.37. The van der Waals surface area contributed by atoms with E-state index in [1.807, 2.05) is 6.92 Å². The molecule has 11 heteroatoms. The zero-order valence-corrected chi connectivity index (χ0v) is 17.2. The van der Waals surface area contributed by atoms with Crippen molar-refractivity contribution in [2.24, 2.45) is 0 Å². The summed E-state index contributed by atoms with van der Waals surface area (Å²) in [5, 5.41) is 11.1. The van der Waals surface area contributed by atoms with Crippen LogP contribution in [-0.4, -0.2) is 64.4 Å². The summed E-state index contributed by atoms with van der Waals surface area (Å²) in [6.45, 7) is 5.79. The van der Waals surface area contributed by atoms with Gasteiger partial charge in [0.25, 0.3) is 5.91 Å². The number of aromatic nitrogens is 4. The molecule has 1 amide bonds. The highest BCUT2D eigenvalue weighted by atomic mass is 32.2. The molecule has 2 aromatic heterocycles. The van der Waals surface area contributed by atoms with E-state index in [4.69, 9.17) is 4.52 Å². The maximum atomic E-state index is 12.3. The average Bonchev–Trinajstić information content (AvgIpc) is 3.27. The minimum atomic E-state index is -3.15. The lowest BCUT2D eigenvalue weighted by molar-refractivity contribution is 0.0952. The van der Waals surface area contributed by atoms with Crippen LogP contribution in [0.25, 0.3) is 0 Å². The second-order valence-corrected chi connectivity index (χ2v) is 8.95. The van der Waals surface area contributed by atoms with Gasteiger partial charge >= 0.3 is 0 Å². The van der Waals surface area contributed by atoms with Crippen molar-refractivity contribution in [1.82, 2.24) is 29.5 Å². The van der Waals surface area contributed by atoms with E-state index in [1.54, 1.807) is 17.8 Å². The van der Waals surface area contributed by atoms with Crippen molar-refractivity contribution in [3.8, 4) is 0 Å². The number of carbonyl (C=O) groups is 1. The summed E-state index contributed by atoms with van der Waals surface area (Å²) in [6, 6.07) is 0. The summed E-state index contributed by atoms with van der Waals surface area (Å²) < 4.78 is 31.7. The Bertz CT molecular complexity index is 927. The number of hydrogen-bond acceptors (Lipinski definition) is 7. The van der Waals surface area contributed by atoms with E-state index in [1.165, 1.54) is 10.6 Å². The lowest BCUT2D eigenvalue weighted by atomic mass is 9.97. The number of nitrogens with zero attached hydrogens (tertiary/aromatic N) is 5. The molecule has 0 atom stereocenters. The molecule has 0 saturated carbocycles. The van der Waals surface area contributed by atoms with Crippen molar-refractivity contribution in [3.63, 3.8) is 0 Å². The molecule has 2 aromatic rings. The minimum Gasteiger partial charge on any atom is -0.351 e. The second-order valence-electron chi connectivity index (χ2n) is 6.97. The Morgan fingerprint density at radius 2 is 2.07 bits per heavy atom. The molecule has 1 saturated heterocycles. The number of carbonyl (C=O) groups excluding carboxylic acids is 1. The zero-order chi connectivity index (χ0) is 20.3. The van der Waals surface area contributed by atoms with E-state index >= 15 is 0 Å². The van der Waals surface area contributed by atoms with Crippen LogP contribution in [-0.2, 0) is 23.0 Å². The number of sulfonamides is 1. The maximum Gasteiger partial charge on any atom is 0.254 e. The Hall–Kier alpha value is -2.27. The topological polar surface area (TPSA) is 123 Å². The largest absolute Gasteiger partial charge is 0.351 e. The lowest BCUT2D eigenvalue weighted by Crippen LogP contribution is -2.37. The molecule has 1 N–H and O–H groups in total. The van der Waals surface area contributed by atoms with Crippen LogP contribution in [0.3, 0.4) is 0 Å². The number of nitrogens with one attached hydrogen (secondary N) is 1. The summed E-state index contributed by atoms with van der Waals surface area (Å²) in [6.07, 6.45) is 4.73. The fourth-order valence-electron chi connectivity index (χ4n) is 3.26. The fraction of sp³-hybridized carbons (Fsp3) is 0.647. The average molecular weight is 411 g/mol. The van der Waals surface area contributed by atoms with E-state index in [9.17, 15) is 13.2 Å². The van der Waals surface area contributed by atoms with E-state index in [0.717, 1.165) is 0 Å². The van der Waals surface area contributed by atoms with Gasteiger partial charge in [-0.2, -0.15) is 10.1 Å². The van der Waals surface area contributed by atoms with E-state index < -0.39 is 10.0 Å². The van der Waals surface area contributed by atoms with Crippen LogP contribution in [0.4, 0.5) is 0 Å². The van der Waals surface area contributed by atoms with Crippen molar-refractivity contribution >= 4 is 15.9 Å². The Labute approximate surface area is 164 Å². The van der Waals surface area contributed by atoms with Crippen molar-refractivity contribution in [3.05, 3.63) is 29.2 Å². The number of hydrogen-bond donors (Lipinski definition) is 1. The minimum absolute atomic E-state index is 0.0904. The molecular formula is C17H26N6O4S. The molecule has 0 unspecified atom stereocenters. The SMILES string of the molecule is CCn1cc(C(=O)NCCc2nc(C3CCN(S(C)(=O)=O)CC3)no2)c(C)n1. The van der Waals surface area contributed by atoms with Crippen LogP contribution in [0.15, 0.2) is 10.7 Å². The van der Waals surface area contributed by atoms with Crippen molar-refractivity contribution < 1.29 is 17.7 Å². The van der Waals surface area contributed by atoms with Gasteiger partial charge in [-0.1, -0.05) is 5.16 Å². The molecule has 1 aliphatic rings. The molecule has 0 aromatic carbocycles. The highest BCUT2D eigenvalue weighted by Crippen LogP contribution is 2.26. The summed E-state index contributed by atoms with van der Waals surface area (Å²) in [4.78, 5) is 16.7. The van der Waals surface area contributed by atoms with Crippen molar-refractivity contribution in [1.29, 1.82) is 0 Å². The predicted molar refractivity (Wildman–Crippen MR) is 101 cm³/mol. The van der Waals surface area contributed by atoms with Crippen LogP contribution in [0.1, 0.15) is 53.5 Å². The Balaban J connectivity index is 1.49. The van der Waals surface area contributed by atoms with Gasteiger partial charge in [-0.3, -0.25) is 9.48 Å². The van der Waals surface area contributed by atoms with E-state index in [-0.39, 0.29) is 11.8 Å². The van der Waals surface area contributed by atoms with Crippen LogP contribution >= 0.6 is 0 Å². The molecule has 154 valence electrons. The molecule has 0 aliphatic carbocycles. The highest BCUT2D eigenvalue weighted by molar-refractivity contribution is 7.88. The Kier molecular flexibility index (Phi) is 6.14. The van der Waals surface area contributed by atoms with Crippen LogP contribution < -0.4 is 5.32 Å². The quantitative estimate of drug-likeness (QED) is 0.713. The number of rotatable bonds is 7. The monoisotopic (exact) mass is 410 g/mol. The molecule has 0 bridgehead atoms. The Morgan fingerprint density at radius 3 is 2.68 bits per heavy atom. The number of piperidine rings is 1. The summed E-state index contributed by atoms with van der Waals surface area (Å²) in [7, 11) is -3.15. The highest BCUT2D eigenvalue weighted by Gasteiger charge is 2.28. The molecule has 1 fully saturated rings. The van der Waals surface area contributed by atoms with Gasteiger partial charge in [-0.15, -0.1) is 0 Å². The van der Waals surface area contributed by atoms with E-state index in [0.29, 0.717) is 68.4 Å².